The maximum atomic E-state index is 12.8. The number of aromatic nitrogens is 4. The van der Waals surface area contributed by atoms with Crippen molar-refractivity contribution in [2.24, 2.45) is 14.1 Å². The minimum atomic E-state index is -1.26. The van der Waals surface area contributed by atoms with Crippen molar-refractivity contribution in [1.82, 2.24) is 18.7 Å². The minimum absolute atomic E-state index is 0.118. The third-order valence-corrected chi connectivity index (χ3v) is 4.19. The molecule has 3 rings (SSSR count). The highest BCUT2D eigenvalue weighted by molar-refractivity contribution is 5.74. The van der Waals surface area contributed by atoms with E-state index in [9.17, 15) is 19.1 Å². The second-order valence-corrected chi connectivity index (χ2v) is 5.81. The number of aliphatic hydroxyl groups is 1. The van der Waals surface area contributed by atoms with E-state index in [1.165, 1.54) is 23.2 Å². The van der Waals surface area contributed by atoms with Crippen molar-refractivity contribution in [2.75, 3.05) is 37.9 Å². The highest BCUT2D eigenvalue weighted by atomic mass is 19.1. The van der Waals surface area contributed by atoms with Crippen LogP contribution in [0.1, 0.15) is 0 Å². The van der Waals surface area contributed by atoms with E-state index in [0.29, 0.717) is 32.3 Å². The number of aliphatic hydroxyl groups excluding tert-OH is 1. The number of alkyl halides is 1. The van der Waals surface area contributed by atoms with Gasteiger partial charge in [-0.1, -0.05) is 0 Å². The number of anilines is 1. The predicted octanol–water partition coefficient (Wildman–Crippen LogP) is -1.40. The molecule has 2 aromatic heterocycles. The molecule has 24 heavy (non-hydrogen) atoms. The summed E-state index contributed by atoms with van der Waals surface area (Å²) in [5.41, 5.74) is -0.618. The second kappa shape index (κ2) is 6.36. The minimum Gasteiger partial charge on any atom is -0.389 e. The van der Waals surface area contributed by atoms with E-state index in [-0.39, 0.29) is 17.7 Å². The number of hydrogen-bond donors (Lipinski definition) is 1. The summed E-state index contributed by atoms with van der Waals surface area (Å²) in [6, 6.07) is 0. The van der Waals surface area contributed by atoms with Crippen LogP contribution in [-0.4, -0.2) is 62.9 Å². The van der Waals surface area contributed by atoms with Crippen LogP contribution in [0.15, 0.2) is 9.59 Å². The molecule has 0 aromatic carbocycles. The summed E-state index contributed by atoms with van der Waals surface area (Å²) in [7, 11) is 2.90. The summed E-state index contributed by atoms with van der Waals surface area (Å²) >= 11 is 0. The van der Waals surface area contributed by atoms with Crippen LogP contribution in [0.25, 0.3) is 11.2 Å². The van der Waals surface area contributed by atoms with E-state index in [4.69, 9.17) is 4.74 Å². The van der Waals surface area contributed by atoms with Gasteiger partial charge in [-0.25, -0.2) is 9.18 Å². The van der Waals surface area contributed by atoms with Crippen molar-refractivity contribution >= 4 is 17.1 Å². The Kier molecular flexibility index (Phi) is 4.41. The molecule has 10 heteroatoms. The first kappa shape index (κ1) is 16.7. The van der Waals surface area contributed by atoms with Crippen LogP contribution in [0.3, 0.4) is 0 Å². The number of halogens is 1. The predicted molar refractivity (Wildman–Crippen MR) is 85.2 cm³/mol. The van der Waals surface area contributed by atoms with Gasteiger partial charge in [0.2, 0.25) is 5.95 Å². The van der Waals surface area contributed by atoms with Crippen molar-refractivity contribution in [3.05, 3.63) is 20.8 Å². The summed E-state index contributed by atoms with van der Waals surface area (Å²) in [5.74, 6) is 0.430. The van der Waals surface area contributed by atoms with Gasteiger partial charge < -0.3 is 19.3 Å². The fraction of sp³-hybridized carbons (Fsp3) is 0.643. The lowest BCUT2D eigenvalue weighted by atomic mass is 10.3. The molecule has 1 aliphatic rings. The number of imidazole rings is 1. The van der Waals surface area contributed by atoms with E-state index in [0.717, 1.165) is 4.57 Å². The van der Waals surface area contributed by atoms with Crippen LogP contribution in [0.2, 0.25) is 0 Å². The Morgan fingerprint density at radius 2 is 1.92 bits per heavy atom. The average Bonchev–Trinajstić information content (AvgIpc) is 2.98. The van der Waals surface area contributed by atoms with Crippen LogP contribution < -0.4 is 16.1 Å². The summed E-state index contributed by atoms with van der Waals surface area (Å²) in [6.45, 7) is 1.08. The zero-order valence-electron chi connectivity index (χ0n) is 13.6. The number of nitrogens with zero attached hydrogens (tertiary/aromatic N) is 5. The topological polar surface area (TPSA) is 94.5 Å². The summed E-state index contributed by atoms with van der Waals surface area (Å²) in [6.07, 6.45) is -1.26. The Bertz CT molecular complexity index is 865. The number of rotatable bonds is 4. The molecule has 1 N–H and O–H groups in total. The molecule has 1 atom stereocenters. The maximum Gasteiger partial charge on any atom is 0.332 e. The lowest BCUT2D eigenvalue weighted by Gasteiger charge is -2.28. The smallest absolute Gasteiger partial charge is 0.332 e. The van der Waals surface area contributed by atoms with E-state index in [1.807, 2.05) is 4.90 Å². The molecule has 9 nitrogen and oxygen atoms in total. The standard InChI is InChI=1S/C14H20FN5O4/c1-17-11-10(12(22)18(2)14(17)23)20(8-9(21)7-15)13(16-11)19-3-5-24-6-4-19/h9,21H,3-8H2,1-2H3/t9-/m1/s1. The maximum absolute atomic E-state index is 12.8. The van der Waals surface area contributed by atoms with Crippen molar-refractivity contribution in [3.8, 4) is 0 Å². The third-order valence-electron chi connectivity index (χ3n) is 4.19. The molecule has 0 amide bonds. The Labute approximate surface area is 136 Å². The first-order valence-electron chi connectivity index (χ1n) is 7.68. The highest BCUT2D eigenvalue weighted by Gasteiger charge is 2.25. The van der Waals surface area contributed by atoms with Gasteiger partial charge in [-0.3, -0.25) is 13.9 Å². The Hall–Kier alpha value is -2.20. The molecule has 132 valence electrons. The first-order valence-corrected chi connectivity index (χ1v) is 7.68. The highest BCUT2D eigenvalue weighted by Crippen LogP contribution is 2.21. The second-order valence-electron chi connectivity index (χ2n) is 5.81. The molecule has 1 saturated heterocycles. The molecule has 3 heterocycles. The van der Waals surface area contributed by atoms with Gasteiger partial charge in [0, 0.05) is 27.2 Å². The normalized spacial score (nSPS) is 16.8. The van der Waals surface area contributed by atoms with Gasteiger partial charge >= 0.3 is 5.69 Å². The van der Waals surface area contributed by atoms with Crippen LogP contribution in [0, 0.1) is 0 Å². The first-order chi connectivity index (χ1) is 11.5. The monoisotopic (exact) mass is 341 g/mol. The van der Waals surface area contributed by atoms with Crippen molar-refractivity contribution in [2.45, 2.75) is 12.6 Å². The van der Waals surface area contributed by atoms with Crippen LogP contribution in [0.5, 0.6) is 0 Å². The number of aryl methyl sites for hydroxylation is 1. The van der Waals surface area contributed by atoms with E-state index < -0.39 is 24.0 Å². The van der Waals surface area contributed by atoms with Crippen molar-refractivity contribution in [3.63, 3.8) is 0 Å². The van der Waals surface area contributed by atoms with E-state index in [1.54, 1.807) is 0 Å². The molecule has 1 aliphatic heterocycles. The SMILES string of the molecule is Cn1c(=O)c2c(nc(N3CCOCC3)n2C[C@H](O)CF)n(C)c1=O. The average molecular weight is 341 g/mol. The van der Waals surface area contributed by atoms with Crippen LogP contribution in [0.4, 0.5) is 10.3 Å². The van der Waals surface area contributed by atoms with Gasteiger partial charge in [0.05, 0.1) is 19.8 Å². The quantitative estimate of drug-likeness (QED) is 0.735. The van der Waals surface area contributed by atoms with Gasteiger partial charge in [-0.05, 0) is 0 Å². The van der Waals surface area contributed by atoms with Crippen molar-refractivity contribution in [1.29, 1.82) is 0 Å². The van der Waals surface area contributed by atoms with Gasteiger partial charge in [0.1, 0.15) is 12.8 Å². The van der Waals surface area contributed by atoms with Gasteiger partial charge in [0.25, 0.3) is 5.56 Å². The number of fused-ring (bicyclic) bond motifs is 1. The largest absolute Gasteiger partial charge is 0.389 e. The molecule has 0 saturated carbocycles. The summed E-state index contributed by atoms with van der Waals surface area (Å²) < 4.78 is 21.9. The molecular formula is C14H20FN5O4. The summed E-state index contributed by atoms with van der Waals surface area (Å²) in [4.78, 5) is 31.0. The number of morpholine rings is 1. The van der Waals surface area contributed by atoms with Gasteiger partial charge in [-0.2, -0.15) is 4.98 Å². The molecule has 1 fully saturated rings. The van der Waals surface area contributed by atoms with E-state index in [2.05, 4.69) is 4.98 Å². The number of ether oxygens (including phenoxy) is 1. The molecule has 0 radical (unpaired) electrons. The molecule has 0 aliphatic carbocycles. The van der Waals surface area contributed by atoms with E-state index >= 15 is 0 Å². The lowest BCUT2D eigenvalue weighted by molar-refractivity contribution is 0.116. The molecule has 0 bridgehead atoms. The van der Waals surface area contributed by atoms with Crippen molar-refractivity contribution < 1.29 is 14.2 Å². The molecular weight excluding hydrogens is 321 g/mol. The Balaban J connectivity index is 2.28. The summed E-state index contributed by atoms with van der Waals surface area (Å²) in [5, 5.41) is 9.75. The zero-order valence-corrected chi connectivity index (χ0v) is 13.6. The van der Waals surface area contributed by atoms with Crippen LogP contribution in [-0.2, 0) is 25.4 Å². The molecule has 2 aromatic rings. The lowest BCUT2D eigenvalue weighted by Crippen LogP contribution is -2.39. The fourth-order valence-electron chi connectivity index (χ4n) is 2.87. The third kappa shape index (κ3) is 2.61. The zero-order chi connectivity index (χ0) is 17.4. The number of hydrogen-bond acceptors (Lipinski definition) is 6. The van der Waals surface area contributed by atoms with Gasteiger partial charge in [0.15, 0.2) is 11.2 Å². The Morgan fingerprint density at radius 1 is 1.25 bits per heavy atom. The molecule has 0 unspecified atom stereocenters. The van der Waals surface area contributed by atoms with Gasteiger partial charge in [-0.15, -0.1) is 0 Å². The van der Waals surface area contributed by atoms with Crippen LogP contribution >= 0.6 is 0 Å². The molecule has 0 spiro atoms. The Morgan fingerprint density at radius 3 is 2.54 bits per heavy atom. The fourth-order valence-corrected chi connectivity index (χ4v) is 2.87.